The molecule has 0 amide bonds. The summed E-state index contributed by atoms with van der Waals surface area (Å²) in [7, 11) is 0. The second-order valence-corrected chi connectivity index (χ2v) is 3.57. The first-order valence-corrected chi connectivity index (χ1v) is 5.36. The number of nitro groups is 1. The van der Waals surface area contributed by atoms with E-state index in [4.69, 9.17) is 0 Å². The maximum atomic E-state index is 10.9. The van der Waals surface area contributed by atoms with E-state index in [1.165, 1.54) is 6.20 Å². The van der Waals surface area contributed by atoms with E-state index in [-0.39, 0.29) is 5.69 Å². The lowest BCUT2D eigenvalue weighted by atomic mass is 10.2. The van der Waals surface area contributed by atoms with Crippen LogP contribution in [0.15, 0.2) is 24.5 Å². The molecule has 88 valence electrons. The molecule has 0 aliphatic carbocycles. The van der Waals surface area contributed by atoms with Crippen molar-refractivity contribution in [1.29, 1.82) is 0 Å². The van der Waals surface area contributed by atoms with Crippen LogP contribution < -0.4 is 5.32 Å². The summed E-state index contributed by atoms with van der Waals surface area (Å²) in [6.07, 6.45) is 3.75. The van der Waals surface area contributed by atoms with Gasteiger partial charge in [0.05, 0.1) is 10.4 Å². The van der Waals surface area contributed by atoms with Gasteiger partial charge in [-0.1, -0.05) is 6.92 Å². The minimum absolute atomic E-state index is 0.0374. The smallest absolute Gasteiger partial charge is 0.312 e. The lowest BCUT2D eigenvalue weighted by Gasteiger charge is -2.07. The van der Waals surface area contributed by atoms with E-state index < -0.39 is 4.92 Å². The molecule has 0 saturated carbocycles. The molecule has 0 aliphatic rings. The zero-order valence-corrected chi connectivity index (χ0v) is 9.38. The summed E-state index contributed by atoms with van der Waals surface area (Å²) in [4.78, 5) is 18.7. The van der Waals surface area contributed by atoms with E-state index in [2.05, 4.69) is 15.3 Å². The number of anilines is 1. The molecular weight excluding hydrogens is 220 g/mol. The fraction of sp³-hybridized carbons (Fsp3) is 0.273. The predicted molar refractivity (Wildman–Crippen MR) is 65.0 cm³/mol. The van der Waals surface area contributed by atoms with Crippen LogP contribution in [-0.4, -0.2) is 21.4 Å². The highest BCUT2D eigenvalue weighted by molar-refractivity contribution is 5.92. The minimum atomic E-state index is -0.445. The minimum Gasteiger partial charge on any atom is -0.378 e. The van der Waals surface area contributed by atoms with Crippen molar-refractivity contribution < 1.29 is 4.92 Å². The Morgan fingerprint density at radius 1 is 1.47 bits per heavy atom. The summed E-state index contributed by atoms with van der Waals surface area (Å²) in [6.45, 7) is 2.66. The Morgan fingerprint density at radius 3 is 3.00 bits per heavy atom. The van der Waals surface area contributed by atoms with Gasteiger partial charge >= 0.3 is 5.69 Å². The zero-order valence-electron chi connectivity index (χ0n) is 9.38. The third-order valence-corrected chi connectivity index (χ3v) is 2.35. The Bertz CT molecular complexity index is 556. The Labute approximate surface area is 97.9 Å². The lowest BCUT2D eigenvalue weighted by molar-refractivity contribution is -0.384. The molecule has 2 aromatic heterocycles. The van der Waals surface area contributed by atoms with Gasteiger partial charge in [-0.2, -0.15) is 0 Å². The first kappa shape index (κ1) is 11.3. The number of hydrogen-bond acceptors (Lipinski definition) is 5. The predicted octanol–water partition coefficient (Wildman–Crippen LogP) is 2.36. The van der Waals surface area contributed by atoms with Crippen LogP contribution in [0.3, 0.4) is 0 Å². The van der Waals surface area contributed by atoms with Crippen molar-refractivity contribution in [2.75, 3.05) is 11.9 Å². The van der Waals surface area contributed by atoms with Crippen LogP contribution in [0.4, 0.5) is 11.4 Å². The lowest BCUT2D eigenvalue weighted by Crippen LogP contribution is -2.05. The summed E-state index contributed by atoms with van der Waals surface area (Å²) in [5, 5.41) is 14.0. The quantitative estimate of drug-likeness (QED) is 0.646. The van der Waals surface area contributed by atoms with E-state index in [9.17, 15) is 10.1 Å². The molecular formula is C11H12N4O2. The van der Waals surface area contributed by atoms with Crippen molar-refractivity contribution in [3.63, 3.8) is 0 Å². The number of hydrogen-bond donors (Lipinski definition) is 1. The van der Waals surface area contributed by atoms with Crippen LogP contribution in [0.25, 0.3) is 11.0 Å². The van der Waals surface area contributed by atoms with Gasteiger partial charge in [-0.15, -0.1) is 0 Å². The van der Waals surface area contributed by atoms with E-state index >= 15 is 0 Å². The number of nitrogens with zero attached hydrogens (tertiary/aromatic N) is 3. The van der Waals surface area contributed by atoms with Gasteiger partial charge in [0.2, 0.25) is 0 Å². The summed E-state index contributed by atoms with van der Waals surface area (Å²) in [5.74, 6) is 0. The third-order valence-electron chi connectivity index (χ3n) is 2.35. The second-order valence-electron chi connectivity index (χ2n) is 3.57. The maximum Gasteiger partial charge on any atom is 0.312 e. The van der Waals surface area contributed by atoms with Gasteiger partial charge in [-0.25, -0.2) is 4.98 Å². The van der Waals surface area contributed by atoms with E-state index in [0.717, 1.165) is 6.42 Å². The largest absolute Gasteiger partial charge is 0.378 e. The maximum absolute atomic E-state index is 10.9. The molecule has 6 heteroatoms. The first-order chi connectivity index (χ1) is 8.24. The highest BCUT2D eigenvalue weighted by Gasteiger charge is 2.18. The van der Waals surface area contributed by atoms with E-state index in [1.807, 2.05) is 6.92 Å². The van der Waals surface area contributed by atoms with Crippen molar-refractivity contribution in [3.05, 3.63) is 34.6 Å². The Balaban J connectivity index is 2.61. The summed E-state index contributed by atoms with van der Waals surface area (Å²) in [5.41, 5.74) is 1.60. The van der Waals surface area contributed by atoms with Crippen LogP contribution in [0.5, 0.6) is 0 Å². The van der Waals surface area contributed by atoms with Gasteiger partial charge < -0.3 is 5.32 Å². The number of aromatic nitrogens is 2. The molecule has 0 radical (unpaired) electrons. The van der Waals surface area contributed by atoms with Crippen molar-refractivity contribution in [2.24, 2.45) is 0 Å². The summed E-state index contributed by atoms with van der Waals surface area (Å²) < 4.78 is 0. The molecule has 0 aromatic carbocycles. The fourth-order valence-electron chi connectivity index (χ4n) is 1.57. The standard InChI is InChI=1S/C11H12N4O2/c1-2-5-12-11-9(15(16)17)7-14-8-4-3-6-13-10(8)11/h3-4,6-7H,2,5H2,1H3,(H,12,14). The molecule has 17 heavy (non-hydrogen) atoms. The van der Waals surface area contributed by atoms with E-state index in [0.29, 0.717) is 23.3 Å². The van der Waals surface area contributed by atoms with Gasteiger partial charge in [-0.3, -0.25) is 15.1 Å². The molecule has 2 rings (SSSR count). The van der Waals surface area contributed by atoms with Crippen LogP contribution in [0.2, 0.25) is 0 Å². The Morgan fingerprint density at radius 2 is 2.29 bits per heavy atom. The molecule has 0 atom stereocenters. The summed E-state index contributed by atoms with van der Waals surface area (Å²) >= 11 is 0. The molecule has 2 aromatic rings. The first-order valence-electron chi connectivity index (χ1n) is 5.36. The van der Waals surface area contributed by atoms with Crippen LogP contribution in [0, 0.1) is 10.1 Å². The molecule has 2 heterocycles. The third kappa shape index (κ3) is 2.15. The molecule has 6 nitrogen and oxygen atoms in total. The van der Waals surface area contributed by atoms with Gasteiger partial charge in [0.1, 0.15) is 17.4 Å². The molecule has 0 spiro atoms. The normalized spacial score (nSPS) is 10.4. The van der Waals surface area contributed by atoms with Crippen molar-refractivity contribution in [1.82, 2.24) is 9.97 Å². The van der Waals surface area contributed by atoms with Crippen molar-refractivity contribution >= 4 is 22.4 Å². The van der Waals surface area contributed by atoms with Gasteiger partial charge in [-0.05, 0) is 18.6 Å². The molecule has 0 aliphatic heterocycles. The molecule has 0 fully saturated rings. The topological polar surface area (TPSA) is 81.0 Å². The highest BCUT2D eigenvalue weighted by Crippen LogP contribution is 2.29. The van der Waals surface area contributed by atoms with Gasteiger partial charge in [0.15, 0.2) is 0 Å². The van der Waals surface area contributed by atoms with Crippen LogP contribution >= 0.6 is 0 Å². The molecule has 0 saturated heterocycles. The van der Waals surface area contributed by atoms with E-state index in [1.54, 1.807) is 18.3 Å². The Hall–Kier alpha value is -2.24. The van der Waals surface area contributed by atoms with Crippen LogP contribution in [-0.2, 0) is 0 Å². The average Bonchev–Trinajstić information content (AvgIpc) is 2.35. The zero-order chi connectivity index (χ0) is 12.3. The Kier molecular flexibility index (Phi) is 3.13. The van der Waals surface area contributed by atoms with Gasteiger partial charge in [0, 0.05) is 12.7 Å². The summed E-state index contributed by atoms with van der Waals surface area (Å²) in [6, 6.07) is 3.54. The molecule has 0 bridgehead atoms. The number of rotatable bonds is 4. The molecule has 1 N–H and O–H groups in total. The number of nitrogens with one attached hydrogen (secondary N) is 1. The van der Waals surface area contributed by atoms with Gasteiger partial charge in [0.25, 0.3) is 0 Å². The number of pyridine rings is 2. The highest BCUT2D eigenvalue weighted by atomic mass is 16.6. The number of fused-ring (bicyclic) bond motifs is 1. The SMILES string of the molecule is CCCNc1c([N+](=O)[O-])cnc2cccnc12. The molecule has 0 unspecified atom stereocenters. The van der Waals surface area contributed by atoms with Crippen LogP contribution in [0.1, 0.15) is 13.3 Å². The van der Waals surface area contributed by atoms with Crippen molar-refractivity contribution in [2.45, 2.75) is 13.3 Å². The fourth-order valence-corrected chi connectivity index (χ4v) is 1.57. The average molecular weight is 232 g/mol. The second kappa shape index (κ2) is 4.73. The monoisotopic (exact) mass is 232 g/mol. The van der Waals surface area contributed by atoms with Crippen molar-refractivity contribution in [3.8, 4) is 0 Å².